The summed E-state index contributed by atoms with van der Waals surface area (Å²) in [6, 6.07) is 11.3. The highest BCUT2D eigenvalue weighted by Gasteiger charge is 2.09. The number of piperidine rings is 1. The summed E-state index contributed by atoms with van der Waals surface area (Å²) in [5.74, 6) is 0.879. The fourth-order valence-corrected chi connectivity index (χ4v) is 3.33. The number of hydrogen-bond donors (Lipinski definition) is 0. The van der Waals surface area contributed by atoms with E-state index in [1.165, 1.54) is 37.0 Å². The molecule has 1 aliphatic heterocycles. The molecular weight excluding hydrogens is 326 g/mol. The Morgan fingerprint density at radius 1 is 1.04 bits per heavy atom. The third kappa shape index (κ3) is 4.94. The van der Waals surface area contributed by atoms with Crippen LogP contribution in [-0.2, 0) is 0 Å². The highest BCUT2D eigenvalue weighted by Crippen LogP contribution is 2.20. The van der Waals surface area contributed by atoms with Crippen LogP contribution in [0, 0.1) is 0 Å². The number of ether oxygens (including phenoxy) is 1. The molecule has 0 N–H and O–H groups in total. The molecule has 0 atom stereocenters. The molecule has 5 heteroatoms. The maximum atomic E-state index is 11.8. The molecule has 2 aromatic rings. The van der Waals surface area contributed by atoms with Crippen LogP contribution in [0.5, 0.6) is 5.75 Å². The van der Waals surface area contributed by atoms with Gasteiger partial charge in [-0.1, -0.05) is 6.42 Å². The molecule has 1 aromatic heterocycles. The van der Waals surface area contributed by atoms with Gasteiger partial charge >= 0.3 is 0 Å². The predicted molar refractivity (Wildman–Crippen MR) is 105 cm³/mol. The van der Waals surface area contributed by atoms with E-state index in [4.69, 9.17) is 4.74 Å². The first-order valence-corrected chi connectivity index (χ1v) is 9.69. The second-order valence-corrected chi connectivity index (χ2v) is 7.22. The van der Waals surface area contributed by atoms with Crippen LogP contribution in [0.4, 0.5) is 0 Å². The van der Waals surface area contributed by atoms with E-state index in [-0.39, 0.29) is 11.6 Å². The Kier molecular flexibility index (Phi) is 6.45. The van der Waals surface area contributed by atoms with Crippen LogP contribution in [0.1, 0.15) is 45.6 Å². The molecule has 26 heavy (non-hydrogen) atoms. The van der Waals surface area contributed by atoms with Gasteiger partial charge in [-0.2, -0.15) is 5.10 Å². The standard InChI is InChI=1S/C21H29N3O2/c1-17(2)24-21(25)12-11-20(22-24)18-7-9-19(10-8-18)26-16-6-15-23-13-4-3-5-14-23/h7-12,17H,3-6,13-16H2,1-2H3. The third-order valence-corrected chi connectivity index (χ3v) is 4.80. The summed E-state index contributed by atoms with van der Waals surface area (Å²) in [5, 5.41) is 4.46. The van der Waals surface area contributed by atoms with Gasteiger partial charge in [0, 0.05) is 18.2 Å². The van der Waals surface area contributed by atoms with Gasteiger partial charge in [-0.05, 0) is 76.5 Å². The molecule has 140 valence electrons. The summed E-state index contributed by atoms with van der Waals surface area (Å²) in [5.41, 5.74) is 1.72. The Balaban J connectivity index is 1.53. The summed E-state index contributed by atoms with van der Waals surface area (Å²) in [6.45, 7) is 8.25. The van der Waals surface area contributed by atoms with Crippen LogP contribution in [-0.4, -0.2) is 40.9 Å². The van der Waals surface area contributed by atoms with E-state index in [0.717, 1.165) is 36.6 Å². The Morgan fingerprint density at radius 2 is 1.77 bits per heavy atom. The van der Waals surface area contributed by atoms with Crippen molar-refractivity contribution >= 4 is 0 Å². The molecule has 0 bridgehead atoms. The van der Waals surface area contributed by atoms with Crippen molar-refractivity contribution in [3.05, 3.63) is 46.8 Å². The smallest absolute Gasteiger partial charge is 0.267 e. The van der Waals surface area contributed by atoms with Gasteiger partial charge in [0.25, 0.3) is 5.56 Å². The predicted octanol–water partition coefficient (Wildman–Crippen LogP) is 3.75. The molecule has 0 saturated carbocycles. The van der Waals surface area contributed by atoms with Crippen molar-refractivity contribution in [3.8, 4) is 17.0 Å². The number of benzene rings is 1. The van der Waals surface area contributed by atoms with E-state index >= 15 is 0 Å². The van der Waals surface area contributed by atoms with Gasteiger partial charge in [0.15, 0.2) is 0 Å². The van der Waals surface area contributed by atoms with Crippen molar-refractivity contribution in [2.24, 2.45) is 0 Å². The fraction of sp³-hybridized carbons (Fsp3) is 0.524. The molecule has 1 aromatic carbocycles. The first-order valence-electron chi connectivity index (χ1n) is 9.69. The SMILES string of the molecule is CC(C)n1nc(-c2ccc(OCCCN3CCCCC3)cc2)ccc1=O. The number of aromatic nitrogens is 2. The maximum Gasteiger partial charge on any atom is 0.267 e. The molecule has 5 nitrogen and oxygen atoms in total. The van der Waals surface area contributed by atoms with Crippen LogP contribution >= 0.6 is 0 Å². The quantitative estimate of drug-likeness (QED) is 0.710. The number of rotatable bonds is 7. The molecule has 0 radical (unpaired) electrons. The lowest BCUT2D eigenvalue weighted by Gasteiger charge is -2.26. The zero-order valence-corrected chi connectivity index (χ0v) is 15.9. The van der Waals surface area contributed by atoms with Gasteiger partial charge in [-0.15, -0.1) is 0 Å². The minimum atomic E-state index is -0.0718. The zero-order valence-electron chi connectivity index (χ0n) is 15.9. The minimum Gasteiger partial charge on any atom is -0.494 e. The highest BCUT2D eigenvalue weighted by atomic mass is 16.5. The van der Waals surface area contributed by atoms with E-state index in [0.29, 0.717) is 0 Å². The van der Waals surface area contributed by atoms with Gasteiger partial charge in [0.2, 0.25) is 0 Å². The molecule has 1 aliphatic rings. The molecule has 1 fully saturated rings. The first kappa shape index (κ1) is 18.6. The van der Waals surface area contributed by atoms with Gasteiger partial charge in [0.05, 0.1) is 18.3 Å². The zero-order chi connectivity index (χ0) is 18.4. The van der Waals surface area contributed by atoms with Crippen LogP contribution < -0.4 is 10.3 Å². The van der Waals surface area contributed by atoms with Crippen LogP contribution in [0.2, 0.25) is 0 Å². The topological polar surface area (TPSA) is 47.4 Å². The van der Waals surface area contributed by atoms with Gasteiger partial charge in [-0.25, -0.2) is 4.68 Å². The van der Waals surface area contributed by atoms with E-state index in [1.807, 2.05) is 38.1 Å². The van der Waals surface area contributed by atoms with Crippen molar-refractivity contribution in [2.75, 3.05) is 26.2 Å². The Bertz CT molecular complexity index is 747. The Labute approximate surface area is 155 Å². The normalized spacial score (nSPS) is 15.3. The molecule has 0 unspecified atom stereocenters. The van der Waals surface area contributed by atoms with E-state index < -0.39 is 0 Å². The first-order chi connectivity index (χ1) is 12.6. The molecule has 0 aliphatic carbocycles. The summed E-state index contributed by atoms with van der Waals surface area (Å²) in [4.78, 5) is 14.4. The number of nitrogens with zero attached hydrogens (tertiary/aromatic N) is 3. The van der Waals surface area contributed by atoms with Crippen molar-refractivity contribution < 1.29 is 4.74 Å². The summed E-state index contributed by atoms with van der Waals surface area (Å²) < 4.78 is 7.38. The fourth-order valence-electron chi connectivity index (χ4n) is 3.33. The maximum absolute atomic E-state index is 11.8. The van der Waals surface area contributed by atoms with Crippen molar-refractivity contribution in [1.29, 1.82) is 0 Å². The van der Waals surface area contributed by atoms with Crippen molar-refractivity contribution in [3.63, 3.8) is 0 Å². The lowest BCUT2D eigenvalue weighted by molar-refractivity contribution is 0.205. The van der Waals surface area contributed by atoms with Crippen LogP contribution in [0.25, 0.3) is 11.3 Å². The summed E-state index contributed by atoms with van der Waals surface area (Å²) >= 11 is 0. The lowest BCUT2D eigenvalue weighted by atomic mass is 10.1. The second kappa shape index (κ2) is 8.99. The van der Waals surface area contributed by atoms with Gasteiger partial charge in [-0.3, -0.25) is 4.79 Å². The van der Waals surface area contributed by atoms with Gasteiger partial charge in [0.1, 0.15) is 5.75 Å². The molecular formula is C21H29N3O2. The van der Waals surface area contributed by atoms with Crippen molar-refractivity contribution in [2.45, 2.75) is 45.6 Å². The Hall–Kier alpha value is -2.14. The van der Waals surface area contributed by atoms with Crippen LogP contribution in [0.15, 0.2) is 41.2 Å². The minimum absolute atomic E-state index is 0.0463. The average Bonchev–Trinajstić information content (AvgIpc) is 2.67. The molecule has 0 spiro atoms. The molecule has 0 amide bonds. The largest absolute Gasteiger partial charge is 0.494 e. The van der Waals surface area contributed by atoms with Crippen molar-refractivity contribution in [1.82, 2.24) is 14.7 Å². The molecule has 1 saturated heterocycles. The number of hydrogen-bond acceptors (Lipinski definition) is 4. The van der Waals surface area contributed by atoms with Gasteiger partial charge < -0.3 is 9.64 Å². The van der Waals surface area contributed by atoms with E-state index in [2.05, 4.69) is 10.00 Å². The summed E-state index contributed by atoms with van der Waals surface area (Å²) in [6.07, 6.45) is 5.10. The third-order valence-electron chi connectivity index (χ3n) is 4.80. The molecule has 3 rings (SSSR count). The average molecular weight is 355 g/mol. The van der Waals surface area contributed by atoms with E-state index in [9.17, 15) is 4.79 Å². The number of likely N-dealkylation sites (tertiary alicyclic amines) is 1. The lowest BCUT2D eigenvalue weighted by Crippen LogP contribution is -2.31. The molecule has 2 heterocycles. The Morgan fingerprint density at radius 3 is 2.46 bits per heavy atom. The highest BCUT2D eigenvalue weighted by molar-refractivity contribution is 5.59. The van der Waals surface area contributed by atoms with E-state index in [1.54, 1.807) is 12.1 Å². The monoisotopic (exact) mass is 355 g/mol. The van der Waals surface area contributed by atoms with Crippen LogP contribution in [0.3, 0.4) is 0 Å². The summed E-state index contributed by atoms with van der Waals surface area (Å²) in [7, 11) is 0. The second-order valence-electron chi connectivity index (χ2n) is 7.22.